The van der Waals surface area contributed by atoms with E-state index in [1.54, 1.807) is 0 Å². The molecule has 0 bridgehead atoms. The molecular formula is C12H10O8S4. The highest BCUT2D eigenvalue weighted by Gasteiger charge is 2.15. The summed E-state index contributed by atoms with van der Waals surface area (Å²) in [6.07, 6.45) is 0. The molecule has 0 amide bonds. The zero-order chi connectivity index (χ0) is 18.1. The first-order valence-electron chi connectivity index (χ1n) is 5.94. The summed E-state index contributed by atoms with van der Waals surface area (Å²) in [6, 6.07) is 6.47. The Labute approximate surface area is 145 Å². The summed E-state index contributed by atoms with van der Waals surface area (Å²) in [7, 11) is -6.93. The maximum atomic E-state index is 11.0. The molecule has 0 fully saturated rings. The van der Waals surface area contributed by atoms with Gasteiger partial charge in [0.1, 0.15) is 11.5 Å². The largest absolute Gasteiger partial charge is 0.507 e. The van der Waals surface area contributed by atoms with E-state index >= 15 is 0 Å². The lowest BCUT2D eigenvalue weighted by atomic mass is 10.3. The summed E-state index contributed by atoms with van der Waals surface area (Å²) in [4.78, 5) is -0.416. The molecule has 0 radical (unpaired) electrons. The predicted molar refractivity (Wildman–Crippen MR) is 87.6 cm³/mol. The third-order valence-corrected chi connectivity index (χ3v) is 6.84. The normalized spacial score (nSPS) is 12.2. The quantitative estimate of drug-likeness (QED) is 0.427. The Morgan fingerprint density at radius 2 is 1.00 bits per heavy atom. The lowest BCUT2D eigenvalue weighted by Crippen LogP contribution is -1.97. The third-order valence-electron chi connectivity index (χ3n) is 2.68. The molecule has 0 aliphatic heterocycles. The molecule has 2 aromatic rings. The van der Waals surface area contributed by atoms with E-state index in [4.69, 9.17) is 9.11 Å². The SMILES string of the molecule is O=S(=O)(O)c1ccc(SSc2ccc(S(=O)(=O)O)cc2O)c(O)c1. The number of rotatable bonds is 5. The fraction of sp³-hybridized carbons (Fsp3) is 0. The molecule has 0 atom stereocenters. The van der Waals surface area contributed by atoms with Crippen LogP contribution in [0, 0.1) is 0 Å². The molecule has 2 rings (SSSR count). The van der Waals surface area contributed by atoms with Gasteiger partial charge >= 0.3 is 0 Å². The van der Waals surface area contributed by atoms with Gasteiger partial charge < -0.3 is 10.2 Å². The van der Waals surface area contributed by atoms with E-state index in [9.17, 15) is 27.0 Å². The van der Waals surface area contributed by atoms with Crippen molar-refractivity contribution in [3.63, 3.8) is 0 Å². The Morgan fingerprint density at radius 1 is 0.667 bits per heavy atom. The maximum absolute atomic E-state index is 11.0. The molecule has 4 N–H and O–H groups in total. The van der Waals surface area contributed by atoms with Gasteiger partial charge in [-0.3, -0.25) is 9.11 Å². The van der Waals surface area contributed by atoms with Crippen molar-refractivity contribution in [1.29, 1.82) is 0 Å². The van der Waals surface area contributed by atoms with Crippen LogP contribution in [0.1, 0.15) is 0 Å². The smallest absolute Gasteiger partial charge is 0.294 e. The molecule has 130 valence electrons. The van der Waals surface area contributed by atoms with Crippen molar-refractivity contribution in [3.8, 4) is 11.5 Å². The van der Waals surface area contributed by atoms with E-state index in [2.05, 4.69) is 0 Å². The topological polar surface area (TPSA) is 149 Å². The molecule has 0 saturated carbocycles. The maximum Gasteiger partial charge on any atom is 0.294 e. The van der Waals surface area contributed by atoms with E-state index in [1.807, 2.05) is 0 Å². The van der Waals surface area contributed by atoms with Crippen molar-refractivity contribution in [2.75, 3.05) is 0 Å². The summed E-state index contributed by atoms with van der Waals surface area (Å²) < 4.78 is 61.6. The molecule has 8 nitrogen and oxygen atoms in total. The van der Waals surface area contributed by atoms with Gasteiger partial charge in [-0.1, -0.05) is 0 Å². The van der Waals surface area contributed by atoms with Gasteiger partial charge in [-0.2, -0.15) is 16.8 Å². The second-order valence-electron chi connectivity index (χ2n) is 4.38. The Hall–Kier alpha value is -1.44. The van der Waals surface area contributed by atoms with E-state index < -0.39 is 41.5 Å². The van der Waals surface area contributed by atoms with Crippen LogP contribution in [0.4, 0.5) is 0 Å². The van der Waals surface area contributed by atoms with Gasteiger partial charge in [0.2, 0.25) is 0 Å². The number of benzene rings is 2. The molecule has 12 heteroatoms. The van der Waals surface area contributed by atoms with Crippen LogP contribution in [-0.2, 0) is 20.2 Å². The van der Waals surface area contributed by atoms with Gasteiger partial charge in [0.15, 0.2) is 0 Å². The van der Waals surface area contributed by atoms with Crippen molar-refractivity contribution in [3.05, 3.63) is 36.4 Å². The summed E-state index contributed by atoms with van der Waals surface area (Å²) in [5.74, 6) is -0.784. The first-order chi connectivity index (χ1) is 11.0. The molecule has 0 aliphatic rings. The van der Waals surface area contributed by atoms with Gasteiger partial charge in [0.25, 0.3) is 20.2 Å². The van der Waals surface area contributed by atoms with Gasteiger partial charge in [-0.25, -0.2) is 0 Å². The first-order valence-corrected chi connectivity index (χ1v) is 11.0. The number of phenols is 2. The van der Waals surface area contributed by atoms with E-state index in [0.29, 0.717) is 0 Å². The number of hydrogen-bond acceptors (Lipinski definition) is 8. The molecule has 0 saturated heterocycles. The zero-order valence-corrected chi connectivity index (χ0v) is 14.8. The van der Waals surface area contributed by atoms with E-state index in [-0.39, 0.29) is 9.79 Å². The summed E-state index contributed by atoms with van der Waals surface area (Å²) >= 11 is 0. The number of aromatic hydroxyl groups is 2. The molecule has 2 aromatic carbocycles. The monoisotopic (exact) mass is 410 g/mol. The summed E-state index contributed by atoms with van der Waals surface area (Å²) in [5, 5.41) is 19.5. The Kier molecular flexibility index (Phi) is 5.37. The molecule has 0 unspecified atom stereocenters. The van der Waals surface area contributed by atoms with Gasteiger partial charge in [0.05, 0.1) is 19.6 Å². The van der Waals surface area contributed by atoms with Crippen molar-refractivity contribution in [1.82, 2.24) is 0 Å². The van der Waals surface area contributed by atoms with Crippen LogP contribution < -0.4 is 0 Å². The number of hydrogen-bond donors (Lipinski definition) is 4. The lowest BCUT2D eigenvalue weighted by Gasteiger charge is -2.07. The van der Waals surface area contributed by atoms with Crippen LogP contribution in [0.3, 0.4) is 0 Å². The van der Waals surface area contributed by atoms with Crippen molar-refractivity contribution in [2.45, 2.75) is 19.6 Å². The molecule has 0 heterocycles. The van der Waals surface area contributed by atoms with Crippen molar-refractivity contribution < 1.29 is 36.2 Å². The summed E-state index contributed by atoms with van der Waals surface area (Å²) in [6.45, 7) is 0. The van der Waals surface area contributed by atoms with E-state index in [1.165, 1.54) is 12.1 Å². The molecule has 24 heavy (non-hydrogen) atoms. The molecule has 0 aliphatic carbocycles. The predicted octanol–water partition coefficient (Wildman–Crippen LogP) is 2.39. The second kappa shape index (κ2) is 6.82. The van der Waals surface area contributed by atoms with Crippen molar-refractivity contribution >= 4 is 41.8 Å². The minimum Gasteiger partial charge on any atom is -0.507 e. The lowest BCUT2D eigenvalue weighted by molar-refractivity contribution is 0.455. The average Bonchev–Trinajstić information content (AvgIpc) is 2.45. The highest BCUT2D eigenvalue weighted by Crippen LogP contribution is 2.45. The highest BCUT2D eigenvalue weighted by molar-refractivity contribution is 8.76. The van der Waals surface area contributed by atoms with Crippen LogP contribution in [-0.4, -0.2) is 36.2 Å². The standard InChI is InChI=1S/C12H10O8S4/c13-9-5-7(23(15,16)17)1-3-11(9)21-22-12-4-2-8(6-10(12)14)24(18,19)20/h1-6,13-14H,(H,15,16,17)(H,18,19,20). The number of phenolic OH excluding ortho intramolecular Hbond substituents is 2. The van der Waals surface area contributed by atoms with Crippen LogP contribution >= 0.6 is 21.6 Å². The van der Waals surface area contributed by atoms with Crippen molar-refractivity contribution in [2.24, 2.45) is 0 Å². The fourth-order valence-electron chi connectivity index (χ4n) is 1.55. The van der Waals surface area contributed by atoms with Gasteiger partial charge in [0, 0.05) is 12.1 Å². The Bertz CT molecular complexity index is 901. The summed E-state index contributed by atoms with van der Waals surface area (Å²) in [5.41, 5.74) is 0. The average molecular weight is 410 g/mol. The van der Waals surface area contributed by atoms with Gasteiger partial charge in [-0.05, 0) is 45.9 Å². The third kappa shape index (κ3) is 4.55. The second-order valence-corrected chi connectivity index (χ2v) is 9.43. The highest BCUT2D eigenvalue weighted by atomic mass is 33.1. The Morgan fingerprint density at radius 3 is 1.25 bits per heavy atom. The minimum absolute atomic E-state index is 0.255. The fourth-order valence-corrected chi connectivity index (χ4v) is 4.65. The first kappa shape index (κ1) is 18.9. The van der Waals surface area contributed by atoms with Crippen LogP contribution in [0.5, 0.6) is 11.5 Å². The molecule has 0 spiro atoms. The molecular weight excluding hydrogens is 400 g/mol. The van der Waals surface area contributed by atoms with Gasteiger partial charge in [-0.15, -0.1) is 0 Å². The van der Waals surface area contributed by atoms with Crippen LogP contribution in [0.25, 0.3) is 0 Å². The van der Waals surface area contributed by atoms with Crippen LogP contribution in [0.2, 0.25) is 0 Å². The van der Waals surface area contributed by atoms with Crippen LogP contribution in [0.15, 0.2) is 56.0 Å². The zero-order valence-electron chi connectivity index (χ0n) is 11.5. The Balaban J connectivity index is 2.20. The minimum atomic E-state index is -4.43. The van der Waals surface area contributed by atoms with E-state index in [0.717, 1.165) is 45.9 Å². The molecule has 0 aromatic heterocycles.